The average Bonchev–Trinajstić information content (AvgIpc) is 3.18. The summed E-state index contributed by atoms with van der Waals surface area (Å²) in [5, 5.41) is 3.22. The highest BCUT2D eigenvalue weighted by Crippen LogP contribution is 2.24. The maximum absolute atomic E-state index is 12.7. The molecule has 0 aromatic heterocycles. The summed E-state index contributed by atoms with van der Waals surface area (Å²) in [6.45, 7) is 18.2. The molecule has 6 nitrogen and oxygen atoms in total. The zero-order valence-corrected chi connectivity index (χ0v) is 22.6. The number of benzene rings is 1. The quantitative estimate of drug-likeness (QED) is 0.569. The molecule has 4 atom stereocenters. The number of aliphatic imine (C=N–C) groups is 1. The standard InChI is InChI=1S/C29H46N4O2/c1-20-7-8-23(4)26(16-20)29-31-27(24(5)35-29)19-32-13-9-25(10-14-32)28(34)30-11-6-12-33-17-21(2)15-22(3)18-33/h7-8,16,21-22,24-25,27H,6,9-15,17-19H2,1-5H3,(H,30,34)/t21-,22+,24?,27?. The third-order valence-corrected chi connectivity index (χ3v) is 8.04. The number of hydrogen-bond donors (Lipinski definition) is 1. The number of rotatable bonds is 8. The summed E-state index contributed by atoms with van der Waals surface area (Å²) >= 11 is 0. The fraction of sp³-hybridized carbons (Fsp3) is 0.724. The SMILES string of the molecule is Cc1ccc(C)c(C2=NC(CN3CCC(C(=O)NCCCN4C[C@H](C)C[C@H](C)C4)CC3)C(C)O2)c1. The molecule has 2 saturated heterocycles. The first-order valence-corrected chi connectivity index (χ1v) is 13.8. The summed E-state index contributed by atoms with van der Waals surface area (Å²) in [5.74, 6) is 2.76. The van der Waals surface area contributed by atoms with Crippen LogP contribution in [0.3, 0.4) is 0 Å². The molecule has 35 heavy (non-hydrogen) atoms. The largest absolute Gasteiger partial charge is 0.472 e. The Morgan fingerprint density at radius 1 is 1.09 bits per heavy atom. The van der Waals surface area contributed by atoms with Crippen molar-refractivity contribution >= 4 is 11.8 Å². The molecule has 6 heteroatoms. The summed E-state index contributed by atoms with van der Waals surface area (Å²) in [4.78, 5) is 22.7. The van der Waals surface area contributed by atoms with Gasteiger partial charge in [-0.1, -0.05) is 31.5 Å². The molecule has 3 aliphatic rings. The van der Waals surface area contributed by atoms with Crippen LogP contribution in [0.5, 0.6) is 0 Å². The van der Waals surface area contributed by atoms with Gasteiger partial charge < -0.3 is 19.9 Å². The monoisotopic (exact) mass is 482 g/mol. The van der Waals surface area contributed by atoms with Gasteiger partial charge in [-0.2, -0.15) is 0 Å². The molecular weight excluding hydrogens is 436 g/mol. The zero-order valence-electron chi connectivity index (χ0n) is 22.6. The lowest BCUT2D eigenvalue weighted by Crippen LogP contribution is -2.44. The molecule has 0 saturated carbocycles. The summed E-state index contributed by atoms with van der Waals surface area (Å²) in [6.07, 6.45) is 4.34. The van der Waals surface area contributed by atoms with Crippen molar-refractivity contribution in [3.63, 3.8) is 0 Å². The van der Waals surface area contributed by atoms with Gasteiger partial charge in [0, 0.05) is 37.7 Å². The first kappa shape index (κ1) is 26.2. The Morgan fingerprint density at radius 3 is 2.51 bits per heavy atom. The number of aryl methyl sites for hydroxylation is 2. The van der Waals surface area contributed by atoms with Crippen LogP contribution in [0.4, 0.5) is 0 Å². The number of hydrogen-bond acceptors (Lipinski definition) is 5. The van der Waals surface area contributed by atoms with Crippen LogP contribution in [0.2, 0.25) is 0 Å². The summed E-state index contributed by atoms with van der Waals surface area (Å²) < 4.78 is 6.16. The van der Waals surface area contributed by atoms with Crippen molar-refractivity contribution in [1.82, 2.24) is 15.1 Å². The van der Waals surface area contributed by atoms with Crippen molar-refractivity contribution in [3.8, 4) is 0 Å². The lowest BCUT2D eigenvalue weighted by atomic mass is 9.92. The Kier molecular flexibility index (Phi) is 8.87. The highest BCUT2D eigenvalue weighted by atomic mass is 16.5. The van der Waals surface area contributed by atoms with E-state index in [-0.39, 0.29) is 24.0 Å². The van der Waals surface area contributed by atoms with Crippen molar-refractivity contribution in [2.75, 3.05) is 45.8 Å². The van der Waals surface area contributed by atoms with Crippen LogP contribution >= 0.6 is 0 Å². The van der Waals surface area contributed by atoms with Crippen LogP contribution in [0, 0.1) is 31.6 Å². The predicted molar refractivity (Wildman–Crippen MR) is 143 cm³/mol. The Balaban J connectivity index is 1.17. The number of piperidine rings is 2. The number of nitrogens with zero attached hydrogens (tertiary/aromatic N) is 3. The van der Waals surface area contributed by atoms with E-state index in [2.05, 4.69) is 67.9 Å². The van der Waals surface area contributed by atoms with E-state index in [1.807, 2.05) is 0 Å². The first-order chi connectivity index (χ1) is 16.8. The molecule has 0 radical (unpaired) electrons. The fourth-order valence-corrected chi connectivity index (χ4v) is 6.10. The molecule has 194 valence electrons. The van der Waals surface area contributed by atoms with E-state index in [1.54, 1.807) is 0 Å². The maximum atomic E-state index is 12.7. The van der Waals surface area contributed by atoms with E-state index in [4.69, 9.17) is 9.73 Å². The smallest absolute Gasteiger partial charge is 0.223 e. The van der Waals surface area contributed by atoms with E-state index < -0.39 is 0 Å². The zero-order chi connectivity index (χ0) is 24.9. The van der Waals surface area contributed by atoms with Gasteiger partial charge in [0.15, 0.2) is 0 Å². The minimum absolute atomic E-state index is 0.0804. The predicted octanol–water partition coefficient (Wildman–Crippen LogP) is 4.03. The molecule has 3 heterocycles. The summed E-state index contributed by atoms with van der Waals surface area (Å²) in [7, 11) is 0. The molecule has 1 aromatic carbocycles. The van der Waals surface area contributed by atoms with Gasteiger partial charge in [0.25, 0.3) is 0 Å². The molecule has 1 aromatic rings. The van der Waals surface area contributed by atoms with Gasteiger partial charge in [0.2, 0.25) is 11.8 Å². The number of likely N-dealkylation sites (tertiary alicyclic amines) is 2. The van der Waals surface area contributed by atoms with Gasteiger partial charge in [0.05, 0.1) is 0 Å². The molecule has 1 amide bonds. The fourth-order valence-electron chi connectivity index (χ4n) is 6.10. The third kappa shape index (κ3) is 7.07. The van der Waals surface area contributed by atoms with Gasteiger partial charge in [-0.3, -0.25) is 4.79 Å². The van der Waals surface area contributed by atoms with E-state index in [9.17, 15) is 4.79 Å². The van der Waals surface area contributed by atoms with Crippen LogP contribution in [-0.4, -0.2) is 79.6 Å². The van der Waals surface area contributed by atoms with Gasteiger partial charge in [-0.05, 0) is 89.6 Å². The normalized spacial score (nSPS) is 28.5. The second kappa shape index (κ2) is 11.9. The molecule has 2 unspecified atom stereocenters. The molecule has 2 fully saturated rings. The van der Waals surface area contributed by atoms with E-state index >= 15 is 0 Å². The molecule has 0 spiro atoms. The van der Waals surface area contributed by atoms with Crippen molar-refractivity contribution in [1.29, 1.82) is 0 Å². The number of carbonyl (C=O) groups excluding carboxylic acids is 1. The lowest BCUT2D eigenvalue weighted by molar-refractivity contribution is -0.126. The number of nitrogens with one attached hydrogen (secondary N) is 1. The van der Waals surface area contributed by atoms with Crippen LogP contribution in [0.1, 0.15) is 63.1 Å². The third-order valence-electron chi connectivity index (χ3n) is 8.04. The highest BCUT2D eigenvalue weighted by molar-refractivity contribution is 5.97. The minimum atomic E-state index is 0.0804. The van der Waals surface area contributed by atoms with Crippen molar-refractivity contribution < 1.29 is 9.53 Å². The number of amides is 1. The molecule has 0 bridgehead atoms. The van der Waals surface area contributed by atoms with Crippen LogP contribution in [0.25, 0.3) is 0 Å². The number of carbonyl (C=O) groups is 1. The number of ether oxygens (including phenoxy) is 1. The van der Waals surface area contributed by atoms with Crippen LogP contribution < -0.4 is 5.32 Å². The lowest BCUT2D eigenvalue weighted by Gasteiger charge is -2.35. The van der Waals surface area contributed by atoms with Crippen LogP contribution in [-0.2, 0) is 9.53 Å². The van der Waals surface area contributed by atoms with Gasteiger partial charge in [-0.25, -0.2) is 4.99 Å². The Hall–Kier alpha value is -1.92. The summed E-state index contributed by atoms with van der Waals surface area (Å²) in [5.41, 5.74) is 3.54. The van der Waals surface area contributed by atoms with Gasteiger partial charge in [0.1, 0.15) is 12.1 Å². The second-order valence-electron chi connectivity index (χ2n) is 11.6. The molecular formula is C29H46N4O2. The van der Waals surface area contributed by atoms with E-state index in [1.165, 1.54) is 30.6 Å². The van der Waals surface area contributed by atoms with E-state index in [0.717, 1.165) is 75.3 Å². The topological polar surface area (TPSA) is 57.2 Å². The Morgan fingerprint density at radius 2 is 1.80 bits per heavy atom. The average molecular weight is 483 g/mol. The van der Waals surface area contributed by atoms with Gasteiger partial charge in [-0.15, -0.1) is 0 Å². The van der Waals surface area contributed by atoms with Gasteiger partial charge >= 0.3 is 0 Å². The van der Waals surface area contributed by atoms with Crippen LogP contribution in [0.15, 0.2) is 23.2 Å². The maximum Gasteiger partial charge on any atom is 0.223 e. The second-order valence-corrected chi connectivity index (χ2v) is 11.6. The van der Waals surface area contributed by atoms with Crippen molar-refractivity contribution in [2.45, 2.75) is 72.4 Å². The molecule has 4 rings (SSSR count). The molecule has 3 aliphatic heterocycles. The Bertz CT molecular complexity index is 883. The molecule has 0 aliphatic carbocycles. The Labute approximate surface area is 212 Å². The highest BCUT2D eigenvalue weighted by Gasteiger charge is 2.32. The van der Waals surface area contributed by atoms with Crippen molar-refractivity contribution in [3.05, 3.63) is 34.9 Å². The first-order valence-electron chi connectivity index (χ1n) is 13.8. The summed E-state index contributed by atoms with van der Waals surface area (Å²) in [6, 6.07) is 6.58. The van der Waals surface area contributed by atoms with Crippen molar-refractivity contribution in [2.24, 2.45) is 22.7 Å². The van der Waals surface area contributed by atoms with E-state index in [0.29, 0.717) is 0 Å². The molecule has 1 N–H and O–H groups in total. The minimum Gasteiger partial charge on any atom is -0.472 e.